The number of anilines is 1. The zero-order valence-electron chi connectivity index (χ0n) is 12.2. The number of nitrogens with zero attached hydrogens (tertiary/aromatic N) is 2. The molecule has 0 bridgehead atoms. The predicted octanol–water partition coefficient (Wildman–Crippen LogP) is 3.33. The average Bonchev–Trinajstić information content (AvgIpc) is 2.55. The minimum Gasteiger partial charge on any atom is -0.370 e. The lowest BCUT2D eigenvalue weighted by Crippen LogP contribution is -2.16. The summed E-state index contributed by atoms with van der Waals surface area (Å²) in [5.41, 5.74) is 10.3. The lowest BCUT2D eigenvalue weighted by atomic mass is 10.1. The van der Waals surface area contributed by atoms with Gasteiger partial charge in [0, 0.05) is 37.4 Å². The second-order valence-electron chi connectivity index (χ2n) is 5.26. The van der Waals surface area contributed by atoms with Crippen molar-refractivity contribution in [3.63, 3.8) is 0 Å². The maximum atomic E-state index is 5.63. The number of nitrogens with two attached hydrogens (primary N) is 1. The molecule has 1 heterocycles. The number of pyridine rings is 1. The van der Waals surface area contributed by atoms with Crippen molar-refractivity contribution in [3.8, 4) is 0 Å². The van der Waals surface area contributed by atoms with Crippen molar-refractivity contribution in [3.05, 3.63) is 71.9 Å². The van der Waals surface area contributed by atoms with E-state index in [2.05, 4.69) is 65.5 Å². The Morgan fingerprint density at radius 1 is 1.00 bits per heavy atom. The van der Waals surface area contributed by atoms with Crippen LogP contribution >= 0.6 is 0 Å². The fourth-order valence-corrected chi connectivity index (χ4v) is 2.48. The van der Waals surface area contributed by atoms with Gasteiger partial charge in [-0.05, 0) is 41.5 Å². The van der Waals surface area contributed by atoms with E-state index >= 15 is 0 Å². The van der Waals surface area contributed by atoms with Crippen LogP contribution in [0.3, 0.4) is 0 Å². The first-order valence-corrected chi connectivity index (χ1v) is 7.10. The summed E-state index contributed by atoms with van der Waals surface area (Å²) < 4.78 is 0. The number of hydrogen-bond acceptors (Lipinski definition) is 3. The molecule has 0 fully saturated rings. The molecular weight excluding hydrogens is 258 g/mol. The molecule has 3 aromatic rings. The molecule has 21 heavy (non-hydrogen) atoms. The summed E-state index contributed by atoms with van der Waals surface area (Å²) in [7, 11) is 2.10. The molecule has 0 amide bonds. The molecule has 0 saturated carbocycles. The van der Waals surface area contributed by atoms with E-state index in [4.69, 9.17) is 5.73 Å². The average molecular weight is 277 g/mol. The highest BCUT2D eigenvalue weighted by Crippen LogP contribution is 2.19. The van der Waals surface area contributed by atoms with Crippen LogP contribution in [0.1, 0.15) is 11.1 Å². The van der Waals surface area contributed by atoms with Gasteiger partial charge < -0.3 is 10.6 Å². The van der Waals surface area contributed by atoms with Crippen LogP contribution in [0.15, 0.2) is 60.8 Å². The van der Waals surface area contributed by atoms with Crippen molar-refractivity contribution < 1.29 is 0 Å². The molecule has 3 heteroatoms. The number of fused-ring (bicyclic) bond motifs is 1. The molecule has 0 spiro atoms. The Bertz CT molecular complexity index is 735. The molecule has 0 radical (unpaired) electrons. The van der Waals surface area contributed by atoms with Gasteiger partial charge >= 0.3 is 0 Å². The van der Waals surface area contributed by atoms with E-state index in [1.54, 1.807) is 0 Å². The second-order valence-corrected chi connectivity index (χ2v) is 5.26. The van der Waals surface area contributed by atoms with Gasteiger partial charge in [0.25, 0.3) is 0 Å². The summed E-state index contributed by atoms with van der Waals surface area (Å²) in [6.45, 7) is 1.45. The number of hydrogen-bond donors (Lipinski definition) is 1. The third kappa shape index (κ3) is 3.03. The van der Waals surface area contributed by atoms with E-state index in [0.29, 0.717) is 6.54 Å². The van der Waals surface area contributed by atoms with Crippen molar-refractivity contribution >= 4 is 16.6 Å². The highest BCUT2D eigenvalue weighted by Gasteiger charge is 2.03. The smallest absolute Gasteiger partial charge is 0.0702 e. The normalized spacial score (nSPS) is 10.8. The van der Waals surface area contributed by atoms with Crippen molar-refractivity contribution in [2.45, 2.75) is 13.1 Å². The molecular formula is C18H19N3. The van der Waals surface area contributed by atoms with Crippen LogP contribution in [-0.4, -0.2) is 12.0 Å². The van der Waals surface area contributed by atoms with Crippen LogP contribution in [0, 0.1) is 0 Å². The molecule has 2 aromatic carbocycles. The van der Waals surface area contributed by atoms with E-state index in [0.717, 1.165) is 17.6 Å². The first kappa shape index (κ1) is 13.6. The third-order valence-corrected chi connectivity index (χ3v) is 3.70. The summed E-state index contributed by atoms with van der Waals surface area (Å²) in [5.74, 6) is 0. The van der Waals surface area contributed by atoms with Gasteiger partial charge in [-0.2, -0.15) is 0 Å². The Morgan fingerprint density at radius 2 is 1.76 bits per heavy atom. The van der Waals surface area contributed by atoms with Gasteiger partial charge in [0.05, 0.1) is 5.52 Å². The zero-order valence-corrected chi connectivity index (χ0v) is 12.2. The summed E-state index contributed by atoms with van der Waals surface area (Å²) in [5, 5.41) is 1.18. The number of aromatic nitrogens is 1. The minimum atomic E-state index is 0.585. The molecule has 0 aliphatic carbocycles. The highest BCUT2D eigenvalue weighted by atomic mass is 15.1. The standard InChI is InChI=1S/C18H19N3/c1-21(17-7-4-14(12-19)5-8-17)13-15-6-9-18-16(11-15)3-2-10-20-18/h2-11H,12-13,19H2,1H3. The summed E-state index contributed by atoms with van der Waals surface area (Å²) >= 11 is 0. The number of rotatable bonds is 4. The van der Waals surface area contributed by atoms with Crippen molar-refractivity contribution in [2.75, 3.05) is 11.9 Å². The maximum absolute atomic E-state index is 5.63. The molecule has 3 rings (SSSR count). The van der Waals surface area contributed by atoms with Crippen molar-refractivity contribution in [1.82, 2.24) is 4.98 Å². The highest BCUT2D eigenvalue weighted by molar-refractivity contribution is 5.79. The van der Waals surface area contributed by atoms with Crippen LogP contribution in [0.25, 0.3) is 10.9 Å². The van der Waals surface area contributed by atoms with Gasteiger partial charge in [0.1, 0.15) is 0 Å². The van der Waals surface area contributed by atoms with Crippen LogP contribution in [-0.2, 0) is 13.1 Å². The van der Waals surface area contributed by atoms with Crippen LogP contribution in [0.5, 0.6) is 0 Å². The largest absolute Gasteiger partial charge is 0.370 e. The van der Waals surface area contributed by atoms with Gasteiger partial charge in [-0.25, -0.2) is 0 Å². The Labute approximate surface area is 125 Å². The van der Waals surface area contributed by atoms with E-state index in [1.165, 1.54) is 16.6 Å². The first-order valence-electron chi connectivity index (χ1n) is 7.10. The van der Waals surface area contributed by atoms with Gasteiger partial charge in [0.2, 0.25) is 0 Å². The van der Waals surface area contributed by atoms with E-state index < -0.39 is 0 Å². The lowest BCUT2D eigenvalue weighted by Gasteiger charge is -2.20. The van der Waals surface area contributed by atoms with Crippen LogP contribution < -0.4 is 10.6 Å². The Kier molecular flexibility index (Phi) is 3.84. The summed E-state index contributed by atoms with van der Waals surface area (Å²) in [4.78, 5) is 6.59. The molecule has 0 atom stereocenters. The molecule has 106 valence electrons. The predicted molar refractivity (Wildman–Crippen MR) is 88.2 cm³/mol. The van der Waals surface area contributed by atoms with E-state index in [9.17, 15) is 0 Å². The van der Waals surface area contributed by atoms with E-state index in [1.807, 2.05) is 12.3 Å². The fraction of sp³-hybridized carbons (Fsp3) is 0.167. The molecule has 3 nitrogen and oxygen atoms in total. The summed E-state index contributed by atoms with van der Waals surface area (Å²) in [6, 6.07) is 18.9. The van der Waals surface area contributed by atoms with Gasteiger partial charge in [-0.3, -0.25) is 4.98 Å². The van der Waals surface area contributed by atoms with Gasteiger partial charge in [0.15, 0.2) is 0 Å². The van der Waals surface area contributed by atoms with Gasteiger partial charge in [-0.1, -0.05) is 24.3 Å². The van der Waals surface area contributed by atoms with Gasteiger partial charge in [-0.15, -0.1) is 0 Å². The first-order chi connectivity index (χ1) is 10.3. The minimum absolute atomic E-state index is 0.585. The zero-order chi connectivity index (χ0) is 14.7. The quantitative estimate of drug-likeness (QED) is 0.795. The SMILES string of the molecule is CN(Cc1ccc2ncccc2c1)c1ccc(CN)cc1. The van der Waals surface area contributed by atoms with Crippen molar-refractivity contribution in [1.29, 1.82) is 0 Å². The maximum Gasteiger partial charge on any atom is 0.0702 e. The molecule has 1 aromatic heterocycles. The molecule has 0 unspecified atom stereocenters. The number of benzene rings is 2. The molecule has 0 aliphatic rings. The summed E-state index contributed by atoms with van der Waals surface area (Å²) in [6.07, 6.45) is 1.83. The lowest BCUT2D eigenvalue weighted by molar-refractivity contribution is 0.923. The Morgan fingerprint density at radius 3 is 2.52 bits per heavy atom. The molecule has 2 N–H and O–H groups in total. The monoisotopic (exact) mass is 277 g/mol. The second kappa shape index (κ2) is 5.94. The topological polar surface area (TPSA) is 42.2 Å². The Balaban J connectivity index is 1.79. The van der Waals surface area contributed by atoms with Crippen LogP contribution in [0.2, 0.25) is 0 Å². The van der Waals surface area contributed by atoms with Crippen molar-refractivity contribution in [2.24, 2.45) is 5.73 Å². The Hall–Kier alpha value is -2.39. The van der Waals surface area contributed by atoms with Crippen LogP contribution in [0.4, 0.5) is 5.69 Å². The van der Waals surface area contributed by atoms with E-state index in [-0.39, 0.29) is 0 Å². The third-order valence-electron chi connectivity index (χ3n) is 3.70. The molecule has 0 aliphatic heterocycles. The fourth-order valence-electron chi connectivity index (χ4n) is 2.48. The molecule has 0 saturated heterocycles.